The van der Waals surface area contributed by atoms with E-state index in [0.717, 1.165) is 11.3 Å². The molecule has 5 nitrogen and oxygen atoms in total. The number of fused-ring (bicyclic) bond motifs is 1. The summed E-state index contributed by atoms with van der Waals surface area (Å²) in [5.41, 5.74) is 2.28. The van der Waals surface area contributed by atoms with E-state index in [-0.39, 0.29) is 12.0 Å². The first-order chi connectivity index (χ1) is 12.0. The van der Waals surface area contributed by atoms with Crippen LogP contribution in [0.1, 0.15) is 18.1 Å². The smallest absolute Gasteiger partial charge is 0.265 e. The summed E-state index contributed by atoms with van der Waals surface area (Å²) in [5, 5.41) is 2.85. The van der Waals surface area contributed by atoms with Crippen LogP contribution in [0, 0.1) is 13.8 Å². The number of amides is 1. The van der Waals surface area contributed by atoms with Gasteiger partial charge in [-0.25, -0.2) is 0 Å². The average molecular weight is 341 g/mol. The molecule has 0 fully saturated rings. The van der Waals surface area contributed by atoms with Gasteiger partial charge in [-0.15, -0.1) is 0 Å². The molecule has 0 radical (unpaired) electrons. The zero-order valence-electron chi connectivity index (χ0n) is 14.7. The van der Waals surface area contributed by atoms with Gasteiger partial charge in [-0.2, -0.15) is 0 Å². The standard InChI is InChI=1S/C20H23NO4/c1-13-8-9-16(14(2)12-13)23-11-10-21-20(22)19-15(3)24-17-6-4-5-7-18(17)25-19/h4-9,12,15,19H,10-11H2,1-3H3,(H,21,22). The number of benzene rings is 2. The SMILES string of the molecule is Cc1ccc(OCCNC(=O)C2Oc3ccccc3OC2C)c(C)c1. The zero-order chi connectivity index (χ0) is 17.8. The van der Waals surface area contributed by atoms with Crippen LogP contribution in [0.4, 0.5) is 0 Å². The Hall–Kier alpha value is -2.69. The van der Waals surface area contributed by atoms with Crippen molar-refractivity contribution in [1.82, 2.24) is 5.32 Å². The summed E-state index contributed by atoms with van der Waals surface area (Å²) >= 11 is 0. The van der Waals surface area contributed by atoms with Crippen molar-refractivity contribution in [2.24, 2.45) is 0 Å². The summed E-state index contributed by atoms with van der Waals surface area (Å²) in [4.78, 5) is 12.4. The molecule has 2 atom stereocenters. The molecule has 1 aliphatic heterocycles. The monoisotopic (exact) mass is 341 g/mol. The Morgan fingerprint density at radius 3 is 2.56 bits per heavy atom. The van der Waals surface area contributed by atoms with E-state index in [9.17, 15) is 4.79 Å². The highest BCUT2D eigenvalue weighted by molar-refractivity contribution is 5.82. The highest BCUT2D eigenvalue weighted by atomic mass is 16.6. The fourth-order valence-electron chi connectivity index (χ4n) is 2.80. The van der Waals surface area contributed by atoms with E-state index < -0.39 is 6.10 Å². The van der Waals surface area contributed by atoms with Gasteiger partial charge in [-0.1, -0.05) is 29.8 Å². The highest BCUT2D eigenvalue weighted by Crippen LogP contribution is 2.33. The zero-order valence-corrected chi connectivity index (χ0v) is 14.7. The lowest BCUT2D eigenvalue weighted by atomic mass is 10.1. The number of hydrogen-bond donors (Lipinski definition) is 1. The fraction of sp³-hybridized carbons (Fsp3) is 0.350. The van der Waals surface area contributed by atoms with Crippen molar-refractivity contribution in [3.63, 3.8) is 0 Å². The molecule has 0 aliphatic carbocycles. The number of rotatable bonds is 5. The second-order valence-corrected chi connectivity index (χ2v) is 6.22. The van der Waals surface area contributed by atoms with Crippen molar-refractivity contribution in [3.8, 4) is 17.2 Å². The molecule has 132 valence electrons. The van der Waals surface area contributed by atoms with Crippen LogP contribution < -0.4 is 19.5 Å². The van der Waals surface area contributed by atoms with E-state index in [1.165, 1.54) is 5.56 Å². The third-order valence-electron chi connectivity index (χ3n) is 4.09. The van der Waals surface area contributed by atoms with E-state index in [1.807, 2.05) is 51.1 Å². The minimum Gasteiger partial charge on any atom is -0.491 e. The van der Waals surface area contributed by atoms with Crippen LogP contribution in [0.3, 0.4) is 0 Å². The van der Waals surface area contributed by atoms with Gasteiger partial charge in [-0.05, 0) is 44.5 Å². The molecule has 25 heavy (non-hydrogen) atoms. The van der Waals surface area contributed by atoms with E-state index in [0.29, 0.717) is 24.7 Å². The minimum absolute atomic E-state index is 0.203. The summed E-state index contributed by atoms with van der Waals surface area (Å²) < 4.78 is 17.3. The number of aryl methyl sites for hydroxylation is 2. The third kappa shape index (κ3) is 4.05. The first kappa shape index (κ1) is 17.1. The van der Waals surface area contributed by atoms with Gasteiger partial charge < -0.3 is 19.5 Å². The van der Waals surface area contributed by atoms with Crippen LogP contribution in [-0.2, 0) is 4.79 Å². The van der Waals surface area contributed by atoms with Crippen molar-refractivity contribution in [1.29, 1.82) is 0 Å². The van der Waals surface area contributed by atoms with E-state index >= 15 is 0 Å². The molecule has 2 aromatic carbocycles. The Bertz CT molecular complexity index is 759. The Labute approximate surface area is 147 Å². The summed E-state index contributed by atoms with van der Waals surface area (Å²) in [6.07, 6.45) is -1.02. The maximum absolute atomic E-state index is 12.4. The molecule has 0 spiro atoms. The van der Waals surface area contributed by atoms with Crippen LogP contribution in [0.15, 0.2) is 42.5 Å². The van der Waals surface area contributed by atoms with Gasteiger partial charge in [0, 0.05) is 0 Å². The van der Waals surface area contributed by atoms with Crippen molar-refractivity contribution in [2.45, 2.75) is 33.0 Å². The Morgan fingerprint density at radius 2 is 1.84 bits per heavy atom. The van der Waals surface area contributed by atoms with Crippen LogP contribution >= 0.6 is 0 Å². The van der Waals surface area contributed by atoms with Gasteiger partial charge in [0.15, 0.2) is 11.5 Å². The van der Waals surface area contributed by atoms with Crippen LogP contribution in [0.25, 0.3) is 0 Å². The van der Waals surface area contributed by atoms with Crippen molar-refractivity contribution >= 4 is 5.91 Å². The van der Waals surface area contributed by atoms with Gasteiger partial charge in [0.2, 0.25) is 6.10 Å². The maximum Gasteiger partial charge on any atom is 0.265 e. The number of nitrogens with one attached hydrogen (secondary N) is 1. The lowest BCUT2D eigenvalue weighted by Gasteiger charge is -2.31. The molecule has 1 amide bonds. The molecule has 0 saturated carbocycles. The molecule has 0 bridgehead atoms. The van der Waals surface area contributed by atoms with Gasteiger partial charge >= 0.3 is 0 Å². The first-order valence-electron chi connectivity index (χ1n) is 8.44. The number of ether oxygens (including phenoxy) is 3. The predicted molar refractivity (Wildman–Crippen MR) is 95.4 cm³/mol. The molecule has 3 rings (SSSR count). The summed E-state index contributed by atoms with van der Waals surface area (Å²) in [6.45, 7) is 6.68. The third-order valence-corrected chi connectivity index (χ3v) is 4.09. The summed E-state index contributed by atoms with van der Waals surface area (Å²) in [6, 6.07) is 13.4. The van der Waals surface area contributed by atoms with Gasteiger partial charge in [0.05, 0.1) is 6.54 Å². The van der Waals surface area contributed by atoms with E-state index in [1.54, 1.807) is 6.07 Å². The summed E-state index contributed by atoms with van der Waals surface area (Å²) in [7, 11) is 0. The number of carbonyl (C=O) groups excluding carboxylic acids is 1. The number of para-hydroxylation sites is 2. The van der Waals surface area contributed by atoms with Crippen LogP contribution in [-0.4, -0.2) is 31.3 Å². The second kappa shape index (κ2) is 7.47. The van der Waals surface area contributed by atoms with Crippen LogP contribution in [0.5, 0.6) is 17.2 Å². The van der Waals surface area contributed by atoms with Gasteiger partial charge in [0.1, 0.15) is 18.5 Å². The van der Waals surface area contributed by atoms with Crippen molar-refractivity contribution in [3.05, 3.63) is 53.6 Å². The molecule has 2 aromatic rings. The summed E-state index contributed by atoms with van der Waals surface area (Å²) in [5.74, 6) is 1.88. The number of carbonyl (C=O) groups is 1. The topological polar surface area (TPSA) is 56.8 Å². The highest BCUT2D eigenvalue weighted by Gasteiger charge is 2.33. The van der Waals surface area contributed by atoms with Crippen molar-refractivity contribution < 1.29 is 19.0 Å². The molecule has 1 N–H and O–H groups in total. The van der Waals surface area contributed by atoms with Crippen LogP contribution in [0.2, 0.25) is 0 Å². The largest absolute Gasteiger partial charge is 0.491 e. The predicted octanol–water partition coefficient (Wildman–Crippen LogP) is 3.03. The maximum atomic E-state index is 12.4. The quantitative estimate of drug-likeness (QED) is 0.850. The molecule has 5 heteroatoms. The van der Waals surface area contributed by atoms with Crippen molar-refractivity contribution in [2.75, 3.05) is 13.2 Å². The molecule has 1 heterocycles. The lowest BCUT2D eigenvalue weighted by molar-refractivity contribution is -0.133. The molecular formula is C20H23NO4. The Morgan fingerprint density at radius 1 is 1.12 bits per heavy atom. The Balaban J connectivity index is 1.49. The normalized spacial score (nSPS) is 18.5. The fourth-order valence-corrected chi connectivity index (χ4v) is 2.80. The van der Waals surface area contributed by atoms with E-state index in [4.69, 9.17) is 14.2 Å². The minimum atomic E-state index is -0.670. The van der Waals surface area contributed by atoms with E-state index in [2.05, 4.69) is 11.4 Å². The molecular weight excluding hydrogens is 318 g/mol. The lowest BCUT2D eigenvalue weighted by Crippen LogP contribution is -2.49. The molecule has 2 unspecified atom stereocenters. The first-order valence-corrected chi connectivity index (χ1v) is 8.44. The number of hydrogen-bond acceptors (Lipinski definition) is 4. The Kier molecular flexibility index (Phi) is 5.12. The van der Waals surface area contributed by atoms with Gasteiger partial charge in [-0.3, -0.25) is 4.79 Å². The average Bonchev–Trinajstić information content (AvgIpc) is 2.59. The second-order valence-electron chi connectivity index (χ2n) is 6.22. The van der Waals surface area contributed by atoms with Gasteiger partial charge in [0.25, 0.3) is 5.91 Å². The molecule has 0 aromatic heterocycles. The molecule has 1 aliphatic rings. The molecule has 0 saturated heterocycles.